The smallest absolute Gasteiger partial charge is 0.308 e. The summed E-state index contributed by atoms with van der Waals surface area (Å²) in [5.41, 5.74) is 5.42. The number of fused-ring (bicyclic) bond motifs is 3. The van der Waals surface area contributed by atoms with E-state index in [4.69, 9.17) is 9.73 Å². The van der Waals surface area contributed by atoms with Gasteiger partial charge in [-0.2, -0.15) is 5.10 Å². The molecule has 0 N–H and O–H groups in total. The van der Waals surface area contributed by atoms with E-state index >= 15 is 0 Å². The van der Waals surface area contributed by atoms with Crippen LogP contribution in [0.15, 0.2) is 35.3 Å². The van der Waals surface area contributed by atoms with Crippen molar-refractivity contribution in [3.63, 3.8) is 0 Å². The van der Waals surface area contributed by atoms with Gasteiger partial charge in [-0.3, -0.25) is 23.8 Å². The van der Waals surface area contributed by atoms with Crippen LogP contribution in [0.4, 0.5) is 0 Å². The predicted octanol–water partition coefficient (Wildman–Crippen LogP) is 5.09. The van der Waals surface area contributed by atoms with Crippen molar-refractivity contribution < 1.29 is 14.3 Å². The van der Waals surface area contributed by atoms with Gasteiger partial charge in [0.2, 0.25) is 0 Å². The second-order valence-corrected chi connectivity index (χ2v) is 11.7. The van der Waals surface area contributed by atoms with Crippen LogP contribution in [0.25, 0.3) is 16.3 Å². The lowest BCUT2D eigenvalue weighted by molar-refractivity contribution is -0.155. The first-order valence-electron chi connectivity index (χ1n) is 12.4. The number of aliphatic imine (C=N–C) groups is 1. The molecule has 4 aromatic rings. The zero-order valence-corrected chi connectivity index (χ0v) is 23.4. The summed E-state index contributed by atoms with van der Waals surface area (Å²) in [6, 6.07) is 9.23. The summed E-state index contributed by atoms with van der Waals surface area (Å²) in [6.45, 7) is 11.7. The maximum Gasteiger partial charge on any atom is 0.308 e. The lowest BCUT2D eigenvalue weighted by Crippen LogP contribution is -2.25. The molecule has 5 rings (SSSR count). The Balaban J connectivity index is 1.64. The molecule has 38 heavy (non-hydrogen) atoms. The van der Waals surface area contributed by atoms with Crippen LogP contribution < -0.4 is 0 Å². The Hall–Kier alpha value is -3.92. The Morgan fingerprint density at radius 1 is 1.11 bits per heavy atom. The van der Waals surface area contributed by atoms with Crippen LogP contribution in [0.1, 0.15) is 76.9 Å². The summed E-state index contributed by atoms with van der Waals surface area (Å²) >= 11 is 1.67. The summed E-state index contributed by atoms with van der Waals surface area (Å²) in [5.74, 6) is 1.03. The molecule has 0 saturated heterocycles. The molecule has 0 spiro atoms. The van der Waals surface area contributed by atoms with Crippen molar-refractivity contribution in [1.82, 2.24) is 24.5 Å². The highest BCUT2D eigenvalue weighted by molar-refractivity contribution is 7.15. The lowest BCUT2D eigenvalue weighted by Gasteiger charge is -2.21. The maximum absolute atomic E-state index is 12.9. The third-order valence-corrected chi connectivity index (χ3v) is 7.69. The molecule has 0 radical (unpaired) electrons. The van der Waals surface area contributed by atoms with Gasteiger partial charge in [-0.15, -0.1) is 21.5 Å². The number of nitrogens with zero attached hydrogens (tertiary/aromatic N) is 6. The van der Waals surface area contributed by atoms with Crippen LogP contribution in [-0.4, -0.2) is 48.1 Å². The van der Waals surface area contributed by atoms with E-state index in [0.717, 1.165) is 50.8 Å². The number of thiophene rings is 1. The minimum Gasteiger partial charge on any atom is -0.460 e. The molecule has 3 aromatic heterocycles. The van der Waals surface area contributed by atoms with E-state index in [1.165, 1.54) is 4.88 Å². The zero-order chi connectivity index (χ0) is 27.4. The minimum atomic E-state index is -0.602. The molecular weight excluding hydrogens is 500 g/mol. The van der Waals surface area contributed by atoms with Crippen molar-refractivity contribution in [3.8, 4) is 16.3 Å². The number of carbonyl (C=O) groups excluding carboxylic acids is 2. The standard InChI is InChI=1S/C28H30N6O3S/c1-15-16(2)38-27-24(15)25(19-10-8-18(9-11-19)22-12-20(14-35)32-33(22)7)29-21(13-23(36)37-28(4,5)6)26-31-30-17(3)34(26)27/h8-12,14,21H,13H2,1-7H3/t21-/m0/s1. The predicted molar refractivity (Wildman–Crippen MR) is 146 cm³/mol. The average molecular weight is 531 g/mol. The SMILES string of the molecule is Cc1sc2c(c1C)C(c1ccc(-c3cc(C=O)nn3C)cc1)=N[C@@H](CC(=O)OC(C)(C)C)c1nnc(C)n1-2. The Kier molecular flexibility index (Phi) is 6.38. The van der Waals surface area contributed by atoms with Crippen molar-refractivity contribution in [2.24, 2.45) is 12.0 Å². The molecular formula is C28H30N6O3S. The molecule has 1 atom stereocenters. The maximum atomic E-state index is 12.9. The summed E-state index contributed by atoms with van der Waals surface area (Å²) in [4.78, 5) is 30.4. The number of carbonyl (C=O) groups is 2. The number of rotatable bonds is 5. The van der Waals surface area contributed by atoms with Crippen LogP contribution in [-0.2, 0) is 16.6 Å². The van der Waals surface area contributed by atoms with E-state index in [1.807, 2.05) is 63.6 Å². The number of hydrogen-bond acceptors (Lipinski definition) is 8. The highest BCUT2D eigenvalue weighted by atomic mass is 32.1. The topological polar surface area (TPSA) is 104 Å². The van der Waals surface area contributed by atoms with Gasteiger partial charge in [-0.1, -0.05) is 24.3 Å². The number of aromatic nitrogens is 5. The van der Waals surface area contributed by atoms with Gasteiger partial charge in [0.1, 0.15) is 28.2 Å². The summed E-state index contributed by atoms with van der Waals surface area (Å²) in [6.07, 6.45) is 0.791. The number of hydrogen-bond donors (Lipinski definition) is 0. The van der Waals surface area contributed by atoms with E-state index in [-0.39, 0.29) is 12.4 Å². The van der Waals surface area contributed by atoms with E-state index in [1.54, 1.807) is 22.1 Å². The van der Waals surface area contributed by atoms with Crippen LogP contribution >= 0.6 is 11.3 Å². The molecule has 1 aromatic carbocycles. The molecule has 0 unspecified atom stereocenters. The molecule has 0 aliphatic carbocycles. The number of aldehydes is 1. The van der Waals surface area contributed by atoms with Crippen molar-refractivity contribution >= 4 is 29.3 Å². The summed E-state index contributed by atoms with van der Waals surface area (Å²) in [7, 11) is 1.81. The molecule has 196 valence electrons. The molecule has 10 heteroatoms. The van der Waals surface area contributed by atoms with Gasteiger partial charge in [0.15, 0.2) is 12.1 Å². The normalized spacial score (nSPS) is 14.9. The number of benzene rings is 1. The lowest BCUT2D eigenvalue weighted by atomic mass is 9.98. The first kappa shape index (κ1) is 25.7. The molecule has 9 nitrogen and oxygen atoms in total. The van der Waals surface area contributed by atoms with Crippen molar-refractivity contribution in [2.45, 2.75) is 59.6 Å². The molecule has 0 saturated carbocycles. The van der Waals surface area contributed by atoms with E-state index in [0.29, 0.717) is 11.5 Å². The highest BCUT2D eigenvalue weighted by Gasteiger charge is 2.33. The molecule has 1 aliphatic heterocycles. The minimum absolute atomic E-state index is 0.0491. The first-order chi connectivity index (χ1) is 18.0. The van der Waals surface area contributed by atoms with E-state index < -0.39 is 11.6 Å². The molecule has 4 heterocycles. The third kappa shape index (κ3) is 4.60. The quantitative estimate of drug-likeness (QED) is 0.263. The molecule has 0 bridgehead atoms. The van der Waals surface area contributed by atoms with Gasteiger partial charge in [0.25, 0.3) is 0 Å². The fourth-order valence-corrected chi connectivity index (χ4v) is 5.90. The zero-order valence-electron chi connectivity index (χ0n) is 22.6. The van der Waals surface area contributed by atoms with Crippen LogP contribution in [0.3, 0.4) is 0 Å². The monoisotopic (exact) mass is 530 g/mol. The van der Waals surface area contributed by atoms with E-state index in [2.05, 4.69) is 29.1 Å². The number of ether oxygens (including phenoxy) is 1. The summed E-state index contributed by atoms with van der Waals surface area (Å²) in [5, 5.41) is 14.0. The number of aryl methyl sites for hydroxylation is 3. The molecule has 1 aliphatic rings. The molecule has 0 fully saturated rings. The Morgan fingerprint density at radius 2 is 1.79 bits per heavy atom. The first-order valence-corrected chi connectivity index (χ1v) is 13.2. The van der Waals surface area contributed by atoms with Crippen molar-refractivity contribution in [2.75, 3.05) is 0 Å². The largest absolute Gasteiger partial charge is 0.460 e. The number of esters is 1. The summed E-state index contributed by atoms with van der Waals surface area (Å²) < 4.78 is 9.35. The van der Waals surface area contributed by atoms with Crippen LogP contribution in [0, 0.1) is 20.8 Å². The third-order valence-electron chi connectivity index (χ3n) is 6.49. The van der Waals surface area contributed by atoms with Crippen LogP contribution in [0.2, 0.25) is 0 Å². The van der Waals surface area contributed by atoms with Gasteiger partial charge in [-0.25, -0.2) is 0 Å². The van der Waals surface area contributed by atoms with Gasteiger partial charge < -0.3 is 4.74 Å². The fourth-order valence-electron chi connectivity index (χ4n) is 4.68. The average Bonchev–Trinajstić information content (AvgIpc) is 3.48. The van der Waals surface area contributed by atoms with Gasteiger partial charge >= 0.3 is 5.97 Å². The van der Waals surface area contributed by atoms with Crippen LogP contribution in [0.5, 0.6) is 0 Å². The second kappa shape index (κ2) is 9.43. The van der Waals surface area contributed by atoms with Gasteiger partial charge in [0.05, 0.1) is 17.8 Å². The van der Waals surface area contributed by atoms with Crippen molar-refractivity contribution in [3.05, 3.63) is 69.2 Å². The van der Waals surface area contributed by atoms with Crippen molar-refractivity contribution in [1.29, 1.82) is 0 Å². The van der Waals surface area contributed by atoms with Gasteiger partial charge in [0, 0.05) is 23.1 Å². The van der Waals surface area contributed by atoms with E-state index in [9.17, 15) is 9.59 Å². The highest BCUT2D eigenvalue weighted by Crippen LogP contribution is 2.40. The Labute approximate surface area is 225 Å². The molecule has 0 amide bonds. The Bertz CT molecular complexity index is 1580. The van der Waals surface area contributed by atoms with Gasteiger partial charge in [-0.05, 0) is 58.7 Å². The Morgan fingerprint density at radius 3 is 2.42 bits per heavy atom. The fraction of sp³-hybridized carbons (Fsp3) is 0.357. The second-order valence-electron chi connectivity index (χ2n) is 10.5.